The molecule has 1 aromatic rings. The fourth-order valence-corrected chi connectivity index (χ4v) is 2.62. The van der Waals surface area contributed by atoms with Gasteiger partial charge in [0.15, 0.2) is 0 Å². The molecule has 1 aromatic carbocycles. The second-order valence-electron chi connectivity index (χ2n) is 5.31. The maximum absolute atomic E-state index is 9.90. The number of nitrogens with zero attached hydrogens (tertiary/aromatic N) is 1. The molecule has 106 valence electrons. The summed E-state index contributed by atoms with van der Waals surface area (Å²) in [6.45, 7) is 3.64. The van der Waals surface area contributed by atoms with Gasteiger partial charge in [0.25, 0.3) is 0 Å². The summed E-state index contributed by atoms with van der Waals surface area (Å²) in [5, 5.41) is 19.8. The van der Waals surface area contributed by atoms with Crippen LogP contribution in [-0.2, 0) is 4.74 Å². The van der Waals surface area contributed by atoms with Gasteiger partial charge in [-0.15, -0.1) is 0 Å². The van der Waals surface area contributed by atoms with Gasteiger partial charge in [0, 0.05) is 19.2 Å². The molecular weight excluding hydrogens is 242 g/mol. The van der Waals surface area contributed by atoms with Crippen LogP contribution < -0.4 is 0 Å². The lowest BCUT2D eigenvalue weighted by Crippen LogP contribution is -2.34. The number of benzene rings is 1. The maximum atomic E-state index is 9.90. The molecule has 19 heavy (non-hydrogen) atoms. The number of hydrogen-bond acceptors (Lipinski definition) is 4. The van der Waals surface area contributed by atoms with Crippen LogP contribution >= 0.6 is 0 Å². The highest BCUT2D eigenvalue weighted by Gasteiger charge is 2.23. The zero-order chi connectivity index (χ0) is 13.8. The summed E-state index contributed by atoms with van der Waals surface area (Å²) >= 11 is 0. The molecule has 4 heteroatoms. The summed E-state index contributed by atoms with van der Waals surface area (Å²) in [4.78, 5) is 2.12. The molecule has 0 aliphatic carbocycles. The highest BCUT2D eigenvalue weighted by atomic mass is 16.5. The van der Waals surface area contributed by atoms with Gasteiger partial charge in [0.1, 0.15) is 11.5 Å². The first kappa shape index (κ1) is 14.2. The lowest BCUT2D eigenvalue weighted by atomic mass is 10.0. The van der Waals surface area contributed by atoms with Gasteiger partial charge in [0.05, 0.1) is 11.7 Å². The molecule has 0 spiro atoms. The normalized spacial score (nSPS) is 21.5. The topological polar surface area (TPSA) is 52.9 Å². The Bertz CT molecular complexity index is 396. The van der Waals surface area contributed by atoms with Crippen LogP contribution in [0, 0.1) is 0 Å². The van der Waals surface area contributed by atoms with Crippen LogP contribution in [0.3, 0.4) is 0 Å². The number of aromatic hydroxyl groups is 2. The maximum Gasteiger partial charge on any atom is 0.124 e. The van der Waals surface area contributed by atoms with Gasteiger partial charge in [-0.3, -0.25) is 4.90 Å². The smallest absolute Gasteiger partial charge is 0.124 e. The standard InChI is InChI=1S/C15H23NO3/c1-11(15-13(17)7-5-8-14(15)18)16(2)10-12-6-3-4-9-19-12/h5,7-8,11-12,17-18H,3-4,6,9-10H2,1-2H3. The molecule has 1 heterocycles. The van der Waals surface area contributed by atoms with Crippen molar-refractivity contribution >= 4 is 0 Å². The van der Waals surface area contributed by atoms with Gasteiger partial charge < -0.3 is 14.9 Å². The molecule has 0 saturated carbocycles. The molecule has 0 amide bonds. The van der Waals surface area contributed by atoms with E-state index in [1.807, 2.05) is 14.0 Å². The van der Waals surface area contributed by atoms with Gasteiger partial charge >= 0.3 is 0 Å². The third-order valence-electron chi connectivity index (χ3n) is 3.90. The van der Waals surface area contributed by atoms with Crippen molar-refractivity contribution < 1.29 is 14.9 Å². The summed E-state index contributed by atoms with van der Waals surface area (Å²) in [6.07, 6.45) is 3.71. The number of phenolic OH excluding ortho intramolecular Hbond substituents is 2. The first-order valence-corrected chi connectivity index (χ1v) is 6.92. The SMILES string of the molecule is CC(c1c(O)cccc1O)N(C)CC1CCCCO1. The van der Waals surface area contributed by atoms with Crippen molar-refractivity contribution in [2.75, 3.05) is 20.2 Å². The van der Waals surface area contributed by atoms with Crippen LogP contribution in [0.1, 0.15) is 37.8 Å². The van der Waals surface area contributed by atoms with E-state index in [2.05, 4.69) is 4.90 Å². The molecule has 1 fully saturated rings. The molecule has 0 radical (unpaired) electrons. The van der Waals surface area contributed by atoms with Gasteiger partial charge in [-0.1, -0.05) is 6.07 Å². The zero-order valence-corrected chi connectivity index (χ0v) is 11.7. The molecule has 1 aliphatic heterocycles. The highest BCUT2D eigenvalue weighted by molar-refractivity contribution is 5.44. The van der Waals surface area contributed by atoms with E-state index in [-0.39, 0.29) is 23.6 Å². The predicted molar refractivity (Wildman–Crippen MR) is 74.4 cm³/mol. The summed E-state index contributed by atoms with van der Waals surface area (Å²) in [6, 6.07) is 4.81. The van der Waals surface area contributed by atoms with Crippen LogP contribution in [-0.4, -0.2) is 41.4 Å². The van der Waals surface area contributed by atoms with Crippen LogP contribution in [0.25, 0.3) is 0 Å². The average Bonchev–Trinajstić information content (AvgIpc) is 2.39. The summed E-state index contributed by atoms with van der Waals surface area (Å²) in [7, 11) is 1.99. The van der Waals surface area contributed by atoms with E-state index in [4.69, 9.17) is 4.74 Å². The molecule has 2 unspecified atom stereocenters. The Kier molecular flexibility index (Phi) is 4.66. The fourth-order valence-electron chi connectivity index (χ4n) is 2.62. The van der Waals surface area contributed by atoms with Crippen LogP contribution in [0.4, 0.5) is 0 Å². The third kappa shape index (κ3) is 3.39. The van der Waals surface area contributed by atoms with Crippen molar-refractivity contribution in [1.29, 1.82) is 0 Å². The summed E-state index contributed by atoms with van der Waals surface area (Å²) in [5.41, 5.74) is 0.584. The zero-order valence-electron chi connectivity index (χ0n) is 11.7. The predicted octanol–water partition coefficient (Wildman–Crippen LogP) is 2.66. The van der Waals surface area contributed by atoms with Crippen molar-refractivity contribution in [3.05, 3.63) is 23.8 Å². The largest absolute Gasteiger partial charge is 0.507 e. The first-order valence-electron chi connectivity index (χ1n) is 6.92. The lowest BCUT2D eigenvalue weighted by molar-refractivity contribution is -0.00742. The highest BCUT2D eigenvalue weighted by Crippen LogP contribution is 2.35. The van der Waals surface area contributed by atoms with Crippen LogP contribution in [0.15, 0.2) is 18.2 Å². The molecule has 0 bridgehead atoms. The van der Waals surface area contributed by atoms with Gasteiger partial charge in [-0.25, -0.2) is 0 Å². The van der Waals surface area contributed by atoms with E-state index in [1.54, 1.807) is 18.2 Å². The van der Waals surface area contributed by atoms with Crippen molar-refractivity contribution in [3.8, 4) is 11.5 Å². The molecular formula is C15H23NO3. The number of rotatable bonds is 4. The van der Waals surface area contributed by atoms with Crippen molar-refractivity contribution in [1.82, 2.24) is 4.90 Å². The minimum Gasteiger partial charge on any atom is -0.507 e. The Morgan fingerprint density at radius 3 is 2.58 bits per heavy atom. The van der Waals surface area contributed by atoms with E-state index in [0.717, 1.165) is 26.0 Å². The fraction of sp³-hybridized carbons (Fsp3) is 0.600. The second-order valence-corrected chi connectivity index (χ2v) is 5.31. The number of likely N-dealkylation sites (N-methyl/N-ethyl adjacent to an activating group) is 1. The Morgan fingerprint density at radius 1 is 1.32 bits per heavy atom. The number of ether oxygens (including phenoxy) is 1. The van der Waals surface area contributed by atoms with Gasteiger partial charge in [-0.2, -0.15) is 0 Å². The number of hydrogen-bond donors (Lipinski definition) is 2. The Balaban J connectivity index is 2.03. The van der Waals surface area contributed by atoms with Gasteiger partial charge in [0.2, 0.25) is 0 Å². The lowest BCUT2D eigenvalue weighted by Gasteiger charge is -2.31. The molecule has 4 nitrogen and oxygen atoms in total. The van der Waals surface area contributed by atoms with Crippen LogP contribution in [0.5, 0.6) is 11.5 Å². The molecule has 1 saturated heterocycles. The Labute approximate surface area is 114 Å². The van der Waals surface area contributed by atoms with E-state index < -0.39 is 0 Å². The molecule has 1 aliphatic rings. The molecule has 0 aromatic heterocycles. The van der Waals surface area contributed by atoms with Crippen molar-refractivity contribution in [3.63, 3.8) is 0 Å². The van der Waals surface area contributed by atoms with E-state index in [1.165, 1.54) is 6.42 Å². The quantitative estimate of drug-likeness (QED) is 0.878. The summed E-state index contributed by atoms with van der Waals surface area (Å²) < 4.78 is 5.73. The molecule has 2 rings (SSSR count). The van der Waals surface area contributed by atoms with E-state index in [9.17, 15) is 10.2 Å². The minimum atomic E-state index is -0.0493. The van der Waals surface area contributed by atoms with Crippen molar-refractivity contribution in [2.24, 2.45) is 0 Å². The molecule has 2 N–H and O–H groups in total. The second kappa shape index (κ2) is 6.26. The monoisotopic (exact) mass is 265 g/mol. The number of phenols is 2. The first-order chi connectivity index (χ1) is 9.09. The Hall–Kier alpha value is -1.26. The minimum absolute atomic E-state index is 0.0493. The van der Waals surface area contributed by atoms with Gasteiger partial charge in [-0.05, 0) is 45.4 Å². The van der Waals surface area contributed by atoms with E-state index in [0.29, 0.717) is 5.56 Å². The average molecular weight is 265 g/mol. The summed E-state index contributed by atoms with van der Waals surface area (Å²) in [5.74, 6) is 0.285. The third-order valence-corrected chi connectivity index (χ3v) is 3.90. The van der Waals surface area contributed by atoms with Crippen molar-refractivity contribution in [2.45, 2.75) is 38.3 Å². The van der Waals surface area contributed by atoms with E-state index >= 15 is 0 Å². The Morgan fingerprint density at radius 2 is 2.00 bits per heavy atom. The van der Waals surface area contributed by atoms with Crippen LogP contribution in [0.2, 0.25) is 0 Å². The molecule has 2 atom stereocenters.